The zero-order chi connectivity index (χ0) is 55.7. The molecule has 0 saturated heterocycles. The molecule has 0 aliphatic rings. The highest BCUT2D eigenvalue weighted by atomic mass is 16.6. The topological polar surface area (TPSA) is 78.9 Å². The van der Waals surface area contributed by atoms with Crippen molar-refractivity contribution >= 4 is 17.9 Å². The Morgan fingerprint density at radius 1 is 0.273 bits per heavy atom. The van der Waals surface area contributed by atoms with Gasteiger partial charge in [0.15, 0.2) is 6.10 Å². The van der Waals surface area contributed by atoms with E-state index in [2.05, 4.69) is 118 Å². The molecule has 0 radical (unpaired) electrons. The summed E-state index contributed by atoms with van der Waals surface area (Å²) in [6.45, 7) is 6.44. The van der Waals surface area contributed by atoms with E-state index in [1.807, 2.05) is 0 Å². The number of carbonyl (C=O) groups excluding carboxylic acids is 3. The lowest BCUT2D eigenvalue weighted by Crippen LogP contribution is -2.30. The van der Waals surface area contributed by atoms with Crippen molar-refractivity contribution < 1.29 is 28.6 Å². The average Bonchev–Trinajstić information content (AvgIpc) is 3.43. The first-order valence-corrected chi connectivity index (χ1v) is 32.7. The van der Waals surface area contributed by atoms with Crippen LogP contribution in [0.25, 0.3) is 0 Å². The van der Waals surface area contributed by atoms with Crippen LogP contribution in [0.1, 0.15) is 316 Å². The molecule has 0 spiro atoms. The Balaban J connectivity index is 4.27. The van der Waals surface area contributed by atoms with Gasteiger partial charge in [0.2, 0.25) is 0 Å². The van der Waals surface area contributed by atoms with Crippen LogP contribution < -0.4 is 0 Å². The van der Waals surface area contributed by atoms with Gasteiger partial charge in [0.1, 0.15) is 13.2 Å². The summed E-state index contributed by atoms with van der Waals surface area (Å²) in [5, 5.41) is 0. The first-order chi connectivity index (χ1) is 38.0. The summed E-state index contributed by atoms with van der Waals surface area (Å²) >= 11 is 0. The highest BCUT2D eigenvalue weighted by Crippen LogP contribution is 2.17. The van der Waals surface area contributed by atoms with Crippen LogP contribution in [0.5, 0.6) is 0 Å². The third kappa shape index (κ3) is 63.0. The van der Waals surface area contributed by atoms with Crippen molar-refractivity contribution in [1.82, 2.24) is 0 Å². The lowest BCUT2D eigenvalue weighted by Gasteiger charge is -2.18. The molecular formula is C71H122O6. The zero-order valence-electron chi connectivity index (χ0n) is 50.7. The van der Waals surface area contributed by atoms with E-state index < -0.39 is 6.10 Å². The van der Waals surface area contributed by atoms with Gasteiger partial charge in [-0.2, -0.15) is 0 Å². The molecule has 0 aliphatic heterocycles. The molecule has 1 unspecified atom stereocenters. The second-order valence-corrected chi connectivity index (χ2v) is 21.6. The Bertz CT molecular complexity index is 1510. The molecule has 0 aromatic heterocycles. The van der Waals surface area contributed by atoms with Crippen molar-refractivity contribution in [2.45, 2.75) is 322 Å². The van der Waals surface area contributed by atoms with E-state index in [1.165, 1.54) is 167 Å². The Morgan fingerprint density at radius 3 is 0.792 bits per heavy atom. The SMILES string of the molecule is CC/C=C\C/C=C\C/C=C\C/C=C\CCCCCCCCCCCCCCC(=O)OCC(COC(=O)CCCCCCCCCCCCC)OC(=O)CCCCCCCCCCCC/C=C\C/C=C\C/C=C\C/C=C\CC. The van der Waals surface area contributed by atoms with Gasteiger partial charge in [-0.25, -0.2) is 0 Å². The van der Waals surface area contributed by atoms with Crippen LogP contribution in [0.4, 0.5) is 0 Å². The monoisotopic (exact) mass is 1070 g/mol. The summed E-state index contributed by atoms with van der Waals surface area (Å²) in [5.74, 6) is -0.871. The maximum atomic E-state index is 12.9. The van der Waals surface area contributed by atoms with Crippen molar-refractivity contribution in [3.05, 3.63) is 97.2 Å². The minimum absolute atomic E-state index is 0.0764. The summed E-state index contributed by atoms with van der Waals surface area (Å²) in [5.41, 5.74) is 0. The van der Waals surface area contributed by atoms with Gasteiger partial charge in [-0.05, 0) is 96.3 Å². The average molecular weight is 1070 g/mol. The van der Waals surface area contributed by atoms with Gasteiger partial charge in [-0.3, -0.25) is 14.4 Å². The summed E-state index contributed by atoms with van der Waals surface area (Å²) in [4.78, 5) is 38.3. The standard InChI is InChI=1S/C71H122O6/c1-4-7-10-13-16-19-22-24-26-28-30-32-34-35-37-38-40-42-44-46-49-52-55-58-61-64-70(73)76-67-68(66-75-69(72)63-60-57-54-51-48-21-18-15-12-9-6-3)77-71(74)65-62-59-56-53-50-47-45-43-41-39-36-33-31-29-27-25-23-20-17-14-11-8-5-2/h7-8,10-11,16-17,19-20,24-27,30-33,68H,4-6,9,12-15,18,21-23,28-29,34-67H2,1-3H3/b10-7-,11-8-,19-16-,20-17-,26-24-,27-25-,32-30-,33-31-. The van der Waals surface area contributed by atoms with Gasteiger partial charge in [0.05, 0.1) is 0 Å². The Labute approximate surface area is 477 Å². The van der Waals surface area contributed by atoms with Gasteiger partial charge in [-0.15, -0.1) is 0 Å². The number of carbonyl (C=O) groups is 3. The molecule has 0 bridgehead atoms. The summed E-state index contributed by atoms with van der Waals surface area (Å²) in [7, 11) is 0. The van der Waals surface area contributed by atoms with Gasteiger partial charge < -0.3 is 14.2 Å². The molecule has 0 aromatic rings. The Morgan fingerprint density at radius 2 is 0.506 bits per heavy atom. The summed E-state index contributed by atoms with van der Waals surface area (Å²) in [6, 6.07) is 0. The molecular weight excluding hydrogens is 949 g/mol. The molecule has 0 N–H and O–H groups in total. The predicted molar refractivity (Wildman–Crippen MR) is 334 cm³/mol. The van der Waals surface area contributed by atoms with E-state index in [1.54, 1.807) is 0 Å². The van der Waals surface area contributed by atoms with E-state index >= 15 is 0 Å². The van der Waals surface area contributed by atoms with Crippen molar-refractivity contribution in [2.75, 3.05) is 13.2 Å². The maximum absolute atomic E-state index is 12.9. The first kappa shape index (κ1) is 73.3. The number of unbranched alkanes of at least 4 members (excludes halogenated alkanes) is 32. The molecule has 0 rings (SSSR count). The largest absolute Gasteiger partial charge is 0.462 e. The van der Waals surface area contributed by atoms with Crippen LogP contribution in [-0.2, 0) is 28.6 Å². The Hall–Kier alpha value is -3.67. The fraction of sp³-hybridized carbons (Fsp3) is 0.732. The normalized spacial score (nSPS) is 12.7. The highest BCUT2D eigenvalue weighted by Gasteiger charge is 2.19. The maximum Gasteiger partial charge on any atom is 0.306 e. The fourth-order valence-corrected chi connectivity index (χ4v) is 9.25. The van der Waals surface area contributed by atoms with Gasteiger partial charge in [0.25, 0.3) is 0 Å². The first-order valence-electron chi connectivity index (χ1n) is 32.7. The highest BCUT2D eigenvalue weighted by molar-refractivity contribution is 5.71. The van der Waals surface area contributed by atoms with Crippen molar-refractivity contribution in [3.63, 3.8) is 0 Å². The van der Waals surface area contributed by atoms with E-state index in [4.69, 9.17) is 14.2 Å². The van der Waals surface area contributed by atoms with Crippen molar-refractivity contribution in [2.24, 2.45) is 0 Å². The van der Waals surface area contributed by atoms with Crippen LogP contribution in [0, 0.1) is 0 Å². The second-order valence-electron chi connectivity index (χ2n) is 21.6. The number of hydrogen-bond acceptors (Lipinski definition) is 6. The third-order valence-electron chi connectivity index (χ3n) is 14.1. The molecule has 0 aromatic carbocycles. The number of rotatable bonds is 59. The molecule has 77 heavy (non-hydrogen) atoms. The van der Waals surface area contributed by atoms with Crippen LogP contribution in [0.15, 0.2) is 97.2 Å². The zero-order valence-corrected chi connectivity index (χ0v) is 50.7. The van der Waals surface area contributed by atoms with E-state index in [9.17, 15) is 14.4 Å². The van der Waals surface area contributed by atoms with Crippen LogP contribution in [0.3, 0.4) is 0 Å². The molecule has 0 aliphatic carbocycles. The van der Waals surface area contributed by atoms with Gasteiger partial charge in [-0.1, -0.05) is 298 Å². The lowest BCUT2D eigenvalue weighted by molar-refractivity contribution is -0.167. The number of allylic oxidation sites excluding steroid dienone is 16. The molecule has 0 amide bonds. The number of esters is 3. The number of hydrogen-bond donors (Lipinski definition) is 0. The second kappa shape index (κ2) is 64.9. The third-order valence-corrected chi connectivity index (χ3v) is 14.1. The lowest BCUT2D eigenvalue weighted by atomic mass is 10.0. The van der Waals surface area contributed by atoms with Crippen LogP contribution in [0.2, 0.25) is 0 Å². The quantitative estimate of drug-likeness (QED) is 0.0261. The van der Waals surface area contributed by atoms with Crippen molar-refractivity contribution in [3.8, 4) is 0 Å². The molecule has 442 valence electrons. The minimum Gasteiger partial charge on any atom is -0.462 e. The molecule has 0 saturated carbocycles. The van der Waals surface area contributed by atoms with E-state index in [0.717, 1.165) is 109 Å². The van der Waals surface area contributed by atoms with E-state index in [0.29, 0.717) is 19.3 Å². The molecule has 6 heteroatoms. The predicted octanol–water partition coefficient (Wildman–Crippen LogP) is 22.4. The molecule has 6 nitrogen and oxygen atoms in total. The molecule has 1 atom stereocenters. The summed E-state index contributed by atoms with van der Waals surface area (Å²) in [6.07, 6.45) is 87.0. The van der Waals surface area contributed by atoms with Crippen LogP contribution in [-0.4, -0.2) is 37.2 Å². The van der Waals surface area contributed by atoms with Crippen molar-refractivity contribution in [1.29, 1.82) is 0 Å². The fourth-order valence-electron chi connectivity index (χ4n) is 9.25. The van der Waals surface area contributed by atoms with Gasteiger partial charge in [0, 0.05) is 19.3 Å². The summed E-state index contributed by atoms with van der Waals surface area (Å²) < 4.78 is 16.9. The van der Waals surface area contributed by atoms with Crippen LogP contribution >= 0.6 is 0 Å². The van der Waals surface area contributed by atoms with Gasteiger partial charge >= 0.3 is 17.9 Å². The smallest absolute Gasteiger partial charge is 0.306 e. The molecule has 0 heterocycles. The van der Waals surface area contributed by atoms with E-state index in [-0.39, 0.29) is 31.1 Å². The minimum atomic E-state index is -0.780. The number of ether oxygens (including phenoxy) is 3. The Kier molecular flexibility index (Phi) is 61.8. The molecule has 0 fully saturated rings.